The summed E-state index contributed by atoms with van der Waals surface area (Å²) >= 11 is 0. The van der Waals surface area contributed by atoms with Crippen LogP contribution in [-0.2, 0) is 13.6 Å². The van der Waals surface area contributed by atoms with Crippen molar-refractivity contribution < 1.29 is 0 Å². The smallest absolute Gasteiger partial charge is 0.0518 e. The minimum Gasteiger partial charge on any atom is -0.309 e. The first-order valence-electron chi connectivity index (χ1n) is 5.96. The molecule has 1 aliphatic rings. The Morgan fingerprint density at radius 1 is 1.60 bits per heavy atom. The predicted octanol–water partition coefficient (Wildman–Crippen LogP) is 2.09. The first-order valence-corrected chi connectivity index (χ1v) is 5.96. The Bertz CT molecular complexity index is 302. The van der Waals surface area contributed by atoms with Crippen LogP contribution >= 0.6 is 0 Å². The fourth-order valence-electron chi connectivity index (χ4n) is 2.17. The maximum absolute atomic E-state index is 4.16. The highest BCUT2D eigenvalue weighted by molar-refractivity contribution is 4.99. The molecule has 15 heavy (non-hydrogen) atoms. The summed E-state index contributed by atoms with van der Waals surface area (Å²) in [5.41, 5.74) is 1.26. The van der Waals surface area contributed by atoms with Crippen LogP contribution in [0.3, 0.4) is 0 Å². The first-order chi connectivity index (χ1) is 7.25. The molecule has 1 fully saturated rings. The van der Waals surface area contributed by atoms with Gasteiger partial charge in [-0.25, -0.2) is 0 Å². The Balaban J connectivity index is 1.70. The van der Waals surface area contributed by atoms with Crippen LogP contribution in [0.4, 0.5) is 0 Å². The second kappa shape index (κ2) is 4.79. The maximum atomic E-state index is 4.16. The summed E-state index contributed by atoms with van der Waals surface area (Å²) in [6, 6.07) is 2.70. The van der Waals surface area contributed by atoms with E-state index in [4.69, 9.17) is 0 Å². The molecular weight excluding hydrogens is 186 g/mol. The van der Waals surface area contributed by atoms with Crippen LogP contribution in [0, 0.1) is 5.92 Å². The zero-order valence-corrected chi connectivity index (χ0v) is 9.74. The largest absolute Gasteiger partial charge is 0.309 e. The van der Waals surface area contributed by atoms with Crippen molar-refractivity contribution >= 4 is 0 Å². The fraction of sp³-hybridized carbons (Fsp3) is 0.750. The molecular formula is C12H21N3. The summed E-state index contributed by atoms with van der Waals surface area (Å²) in [4.78, 5) is 0. The van der Waals surface area contributed by atoms with Crippen molar-refractivity contribution in [2.45, 2.75) is 45.2 Å². The van der Waals surface area contributed by atoms with Gasteiger partial charge in [-0.05, 0) is 25.3 Å². The molecule has 3 nitrogen and oxygen atoms in total. The van der Waals surface area contributed by atoms with Gasteiger partial charge in [0, 0.05) is 25.8 Å². The minimum atomic E-state index is 0.630. The molecule has 1 atom stereocenters. The molecule has 0 aromatic carbocycles. The lowest BCUT2D eigenvalue weighted by Gasteiger charge is -2.28. The third kappa shape index (κ3) is 2.81. The van der Waals surface area contributed by atoms with Crippen molar-refractivity contribution in [2.24, 2.45) is 13.0 Å². The van der Waals surface area contributed by atoms with E-state index in [0.29, 0.717) is 6.04 Å². The van der Waals surface area contributed by atoms with E-state index in [1.165, 1.54) is 31.4 Å². The Kier molecular flexibility index (Phi) is 3.41. The summed E-state index contributed by atoms with van der Waals surface area (Å²) in [6.45, 7) is 3.22. The highest BCUT2D eigenvalue weighted by Gasteiger charge is 2.19. The van der Waals surface area contributed by atoms with E-state index >= 15 is 0 Å². The number of aromatic nitrogens is 2. The second-order valence-electron chi connectivity index (χ2n) is 4.76. The SMILES string of the molecule is CC(CC1CCC1)NCc1ccnn1C. The number of aryl methyl sites for hydroxylation is 1. The molecule has 0 aliphatic heterocycles. The maximum Gasteiger partial charge on any atom is 0.0518 e. The molecule has 1 aliphatic carbocycles. The van der Waals surface area contributed by atoms with Gasteiger partial charge in [-0.1, -0.05) is 19.3 Å². The molecule has 0 radical (unpaired) electrons. The van der Waals surface area contributed by atoms with Crippen LogP contribution in [-0.4, -0.2) is 15.8 Å². The highest BCUT2D eigenvalue weighted by Crippen LogP contribution is 2.30. The van der Waals surface area contributed by atoms with E-state index in [2.05, 4.69) is 23.4 Å². The van der Waals surface area contributed by atoms with Crippen LogP contribution in [0.1, 0.15) is 38.3 Å². The summed E-state index contributed by atoms with van der Waals surface area (Å²) in [5, 5.41) is 7.72. The standard InChI is InChI=1S/C12H21N3/c1-10(8-11-4-3-5-11)13-9-12-6-7-14-15(12)2/h6-7,10-11,13H,3-5,8-9H2,1-2H3. The summed E-state index contributed by atoms with van der Waals surface area (Å²) in [6.07, 6.45) is 7.51. The van der Waals surface area contributed by atoms with E-state index < -0.39 is 0 Å². The van der Waals surface area contributed by atoms with E-state index in [9.17, 15) is 0 Å². The van der Waals surface area contributed by atoms with Crippen molar-refractivity contribution in [3.63, 3.8) is 0 Å². The van der Waals surface area contributed by atoms with Crippen LogP contribution < -0.4 is 5.32 Å². The van der Waals surface area contributed by atoms with E-state index in [1.807, 2.05) is 17.9 Å². The van der Waals surface area contributed by atoms with Crippen molar-refractivity contribution in [1.29, 1.82) is 0 Å². The van der Waals surface area contributed by atoms with Gasteiger partial charge >= 0.3 is 0 Å². The molecule has 1 saturated carbocycles. The normalized spacial score (nSPS) is 18.8. The molecule has 0 bridgehead atoms. The third-order valence-electron chi connectivity index (χ3n) is 3.47. The van der Waals surface area contributed by atoms with Crippen LogP contribution in [0.5, 0.6) is 0 Å². The van der Waals surface area contributed by atoms with Gasteiger partial charge in [-0.2, -0.15) is 5.10 Å². The molecule has 0 spiro atoms. The van der Waals surface area contributed by atoms with Crippen molar-refractivity contribution in [1.82, 2.24) is 15.1 Å². The molecule has 3 heteroatoms. The number of nitrogens with one attached hydrogen (secondary N) is 1. The van der Waals surface area contributed by atoms with Crippen molar-refractivity contribution in [2.75, 3.05) is 0 Å². The molecule has 1 aromatic heterocycles. The van der Waals surface area contributed by atoms with E-state index in [0.717, 1.165) is 12.5 Å². The van der Waals surface area contributed by atoms with Gasteiger partial charge in [-0.3, -0.25) is 4.68 Å². The lowest BCUT2D eigenvalue weighted by molar-refractivity contribution is 0.265. The van der Waals surface area contributed by atoms with E-state index in [-0.39, 0.29) is 0 Å². The average molecular weight is 207 g/mol. The van der Waals surface area contributed by atoms with Gasteiger partial charge in [0.25, 0.3) is 0 Å². The number of hydrogen-bond donors (Lipinski definition) is 1. The molecule has 1 N–H and O–H groups in total. The molecule has 0 amide bonds. The fourth-order valence-corrected chi connectivity index (χ4v) is 2.17. The molecule has 1 aromatic rings. The highest BCUT2D eigenvalue weighted by atomic mass is 15.3. The molecule has 0 saturated heterocycles. The second-order valence-corrected chi connectivity index (χ2v) is 4.76. The molecule has 84 valence electrons. The molecule has 2 rings (SSSR count). The van der Waals surface area contributed by atoms with Gasteiger partial charge < -0.3 is 5.32 Å². The Morgan fingerprint density at radius 2 is 2.40 bits per heavy atom. The van der Waals surface area contributed by atoms with Crippen molar-refractivity contribution in [3.05, 3.63) is 18.0 Å². The Labute approximate surface area is 91.9 Å². The van der Waals surface area contributed by atoms with Crippen LogP contribution in [0.2, 0.25) is 0 Å². The van der Waals surface area contributed by atoms with Crippen molar-refractivity contribution in [3.8, 4) is 0 Å². The average Bonchev–Trinajstić information content (AvgIpc) is 2.55. The van der Waals surface area contributed by atoms with Gasteiger partial charge in [0.05, 0.1) is 5.69 Å². The van der Waals surface area contributed by atoms with Gasteiger partial charge in [0.1, 0.15) is 0 Å². The van der Waals surface area contributed by atoms with Crippen LogP contribution in [0.25, 0.3) is 0 Å². The van der Waals surface area contributed by atoms with E-state index in [1.54, 1.807) is 0 Å². The minimum absolute atomic E-state index is 0.630. The van der Waals surface area contributed by atoms with Gasteiger partial charge in [-0.15, -0.1) is 0 Å². The Hall–Kier alpha value is -0.830. The number of nitrogens with zero attached hydrogens (tertiary/aromatic N) is 2. The number of rotatable bonds is 5. The third-order valence-corrected chi connectivity index (χ3v) is 3.47. The zero-order valence-electron chi connectivity index (χ0n) is 9.74. The lowest BCUT2D eigenvalue weighted by atomic mass is 9.81. The molecule has 1 heterocycles. The zero-order chi connectivity index (χ0) is 10.7. The summed E-state index contributed by atoms with van der Waals surface area (Å²) < 4.78 is 1.93. The topological polar surface area (TPSA) is 29.9 Å². The predicted molar refractivity (Wildman–Crippen MR) is 61.5 cm³/mol. The summed E-state index contributed by atoms with van der Waals surface area (Å²) in [7, 11) is 1.99. The molecule has 1 unspecified atom stereocenters. The Morgan fingerprint density at radius 3 is 2.93 bits per heavy atom. The van der Waals surface area contributed by atoms with Gasteiger partial charge in [0.2, 0.25) is 0 Å². The van der Waals surface area contributed by atoms with Crippen LogP contribution in [0.15, 0.2) is 12.3 Å². The quantitative estimate of drug-likeness (QED) is 0.801. The monoisotopic (exact) mass is 207 g/mol. The lowest BCUT2D eigenvalue weighted by Crippen LogP contribution is -2.30. The number of hydrogen-bond acceptors (Lipinski definition) is 2. The first kappa shape index (κ1) is 10.7. The van der Waals surface area contributed by atoms with Gasteiger partial charge in [0.15, 0.2) is 0 Å². The summed E-state index contributed by atoms with van der Waals surface area (Å²) in [5.74, 6) is 0.985.